The van der Waals surface area contributed by atoms with Crippen LogP contribution in [-0.2, 0) is 0 Å². The molecule has 0 amide bonds. The summed E-state index contributed by atoms with van der Waals surface area (Å²) in [5.74, 6) is 0. The quantitative estimate of drug-likeness (QED) is 0.810. The van der Waals surface area contributed by atoms with E-state index in [1.807, 2.05) is 28.8 Å². The Labute approximate surface area is 134 Å². The van der Waals surface area contributed by atoms with Crippen LogP contribution in [0.1, 0.15) is 38.1 Å². The standard InChI is InChI=1S/C17H20ClN3O/c1-20-11-5-4-6-12(20)10-13(9-11)21-15-8-3-2-7-14(15)19-16(18)17(21)22/h2-3,7-8,11-13H,4-6,9-10H2,1H3. The zero-order valence-corrected chi connectivity index (χ0v) is 13.5. The van der Waals surface area contributed by atoms with Gasteiger partial charge >= 0.3 is 0 Å². The summed E-state index contributed by atoms with van der Waals surface area (Å²) in [5, 5.41) is 0.0859. The van der Waals surface area contributed by atoms with E-state index in [2.05, 4.69) is 16.9 Å². The molecule has 0 spiro atoms. The van der Waals surface area contributed by atoms with Gasteiger partial charge in [0.15, 0.2) is 5.15 Å². The second kappa shape index (κ2) is 5.36. The third-order valence-corrected chi connectivity index (χ3v) is 5.68. The summed E-state index contributed by atoms with van der Waals surface area (Å²) < 4.78 is 1.91. The molecule has 0 saturated carbocycles. The Morgan fingerprint density at radius 3 is 2.55 bits per heavy atom. The molecule has 2 aliphatic heterocycles. The van der Waals surface area contributed by atoms with Crippen LogP contribution in [0.5, 0.6) is 0 Å². The van der Waals surface area contributed by atoms with Crippen LogP contribution in [0.3, 0.4) is 0 Å². The van der Waals surface area contributed by atoms with Crippen molar-refractivity contribution in [3.05, 3.63) is 39.8 Å². The zero-order chi connectivity index (χ0) is 15.3. The van der Waals surface area contributed by atoms with Gasteiger partial charge in [0.1, 0.15) is 0 Å². The molecule has 2 aromatic rings. The van der Waals surface area contributed by atoms with Gasteiger partial charge in [-0.05, 0) is 44.9 Å². The van der Waals surface area contributed by atoms with Crippen molar-refractivity contribution in [1.82, 2.24) is 14.5 Å². The van der Waals surface area contributed by atoms with Crippen molar-refractivity contribution in [3.63, 3.8) is 0 Å². The van der Waals surface area contributed by atoms with Crippen molar-refractivity contribution in [2.45, 2.75) is 50.2 Å². The summed E-state index contributed by atoms with van der Waals surface area (Å²) in [7, 11) is 2.23. The molecule has 4 nitrogen and oxygen atoms in total. The molecule has 0 N–H and O–H groups in total. The van der Waals surface area contributed by atoms with Gasteiger partial charge in [-0.2, -0.15) is 0 Å². The first-order valence-electron chi connectivity index (χ1n) is 8.04. The minimum atomic E-state index is -0.145. The molecule has 116 valence electrons. The van der Waals surface area contributed by atoms with Crippen LogP contribution in [0.25, 0.3) is 11.0 Å². The van der Waals surface area contributed by atoms with Crippen molar-refractivity contribution < 1.29 is 0 Å². The Balaban J connectivity index is 1.84. The Kier molecular flexibility index (Phi) is 3.46. The highest BCUT2D eigenvalue weighted by Gasteiger charge is 2.37. The van der Waals surface area contributed by atoms with Crippen LogP contribution in [0.15, 0.2) is 29.1 Å². The third-order valence-electron chi connectivity index (χ3n) is 5.44. The van der Waals surface area contributed by atoms with Crippen LogP contribution >= 0.6 is 11.6 Å². The number of benzene rings is 1. The molecule has 22 heavy (non-hydrogen) atoms. The Morgan fingerprint density at radius 1 is 1.14 bits per heavy atom. The molecule has 4 rings (SSSR count). The van der Waals surface area contributed by atoms with E-state index < -0.39 is 0 Å². The SMILES string of the molecule is CN1C2CCCC1CC(n1c(=O)c(Cl)nc3ccccc31)C2. The Morgan fingerprint density at radius 2 is 1.82 bits per heavy atom. The predicted octanol–water partition coefficient (Wildman–Crippen LogP) is 3.24. The highest BCUT2D eigenvalue weighted by Crippen LogP contribution is 2.38. The highest BCUT2D eigenvalue weighted by atomic mass is 35.5. The summed E-state index contributed by atoms with van der Waals surface area (Å²) >= 11 is 6.11. The van der Waals surface area contributed by atoms with Crippen LogP contribution in [0, 0.1) is 0 Å². The third kappa shape index (κ3) is 2.17. The molecular formula is C17H20ClN3O. The van der Waals surface area contributed by atoms with Gasteiger partial charge in [-0.3, -0.25) is 4.79 Å². The first-order valence-corrected chi connectivity index (χ1v) is 8.41. The van der Waals surface area contributed by atoms with E-state index in [1.54, 1.807) is 0 Å². The minimum Gasteiger partial charge on any atom is -0.301 e. The number of hydrogen-bond donors (Lipinski definition) is 0. The van der Waals surface area contributed by atoms with Crippen molar-refractivity contribution in [1.29, 1.82) is 0 Å². The Hall–Kier alpha value is -1.39. The van der Waals surface area contributed by atoms with Crippen molar-refractivity contribution in [3.8, 4) is 0 Å². The fourth-order valence-electron chi connectivity index (χ4n) is 4.29. The van der Waals surface area contributed by atoms with Gasteiger partial charge in [0.25, 0.3) is 5.56 Å². The lowest BCUT2D eigenvalue weighted by atomic mass is 9.82. The van der Waals surface area contributed by atoms with Crippen LogP contribution in [0.2, 0.25) is 5.15 Å². The molecule has 2 aliphatic rings. The lowest BCUT2D eigenvalue weighted by Gasteiger charge is -2.47. The smallest absolute Gasteiger partial charge is 0.288 e. The number of piperidine rings is 2. The predicted molar refractivity (Wildman–Crippen MR) is 88.5 cm³/mol. The molecule has 2 fully saturated rings. The lowest BCUT2D eigenvalue weighted by Crippen LogP contribution is -2.51. The normalized spacial score (nSPS) is 28.9. The van der Waals surface area contributed by atoms with Crippen molar-refractivity contribution in [2.24, 2.45) is 0 Å². The number of fused-ring (bicyclic) bond motifs is 3. The van der Waals surface area contributed by atoms with E-state index in [-0.39, 0.29) is 16.8 Å². The van der Waals surface area contributed by atoms with E-state index in [9.17, 15) is 4.79 Å². The second-order valence-electron chi connectivity index (χ2n) is 6.60. The average molecular weight is 318 g/mol. The highest BCUT2D eigenvalue weighted by molar-refractivity contribution is 6.29. The largest absolute Gasteiger partial charge is 0.301 e. The first kappa shape index (κ1) is 14.2. The maximum Gasteiger partial charge on any atom is 0.288 e. The summed E-state index contributed by atoms with van der Waals surface area (Å²) in [5.41, 5.74) is 1.56. The van der Waals surface area contributed by atoms with Gasteiger partial charge in [0.2, 0.25) is 0 Å². The molecule has 2 unspecified atom stereocenters. The minimum absolute atomic E-state index is 0.0859. The van der Waals surface area contributed by atoms with E-state index in [4.69, 9.17) is 11.6 Å². The lowest BCUT2D eigenvalue weighted by molar-refractivity contribution is 0.0402. The van der Waals surface area contributed by atoms with E-state index in [0.717, 1.165) is 23.9 Å². The Bertz CT molecular complexity index is 758. The number of rotatable bonds is 1. The fourth-order valence-corrected chi connectivity index (χ4v) is 4.47. The summed E-state index contributed by atoms with van der Waals surface area (Å²) in [6, 6.07) is 9.18. The molecule has 0 aliphatic carbocycles. The van der Waals surface area contributed by atoms with E-state index in [1.165, 1.54) is 19.3 Å². The van der Waals surface area contributed by atoms with Gasteiger partial charge in [-0.15, -0.1) is 0 Å². The van der Waals surface area contributed by atoms with Gasteiger partial charge in [-0.1, -0.05) is 30.2 Å². The first-order chi connectivity index (χ1) is 10.6. The van der Waals surface area contributed by atoms with E-state index in [0.29, 0.717) is 12.1 Å². The number of para-hydroxylation sites is 2. The molecule has 5 heteroatoms. The van der Waals surface area contributed by atoms with Crippen LogP contribution in [-0.4, -0.2) is 33.6 Å². The molecule has 1 aromatic carbocycles. The molecule has 2 saturated heterocycles. The molecule has 2 bridgehead atoms. The maximum absolute atomic E-state index is 12.6. The summed E-state index contributed by atoms with van der Waals surface area (Å²) in [4.78, 5) is 19.4. The number of aromatic nitrogens is 2. The van der Waals surface area contributed by atoms with Gasteiger partial charge in [-0.25, -0.2) is 4.98 Å². The van der Waals surface area contributed by atoms with Gasteiger partial charge < -0.3 is 9.47 Å². The molecule has 0 radical (unpaired) electrons. The van der Waals surface area contributed by atoms with Crippen molar-refractivity contribution >= 4 is 22.6 Å². The number of halogens is 1. The monoisotopic (exact) mass is 317 g/mol. The second-order valence-corrected chi connectivity index (χ2v) is 6.95. The summed E-state index contributed by atoms with van der Waals surface area (Å²) in [6.07, 6.45) is 5.82. The summed E-state index contributed by atoms with van der Waals surface area (Å²) in [6.45, 7) is 0. The maximum atomic E-state index is 12.6. The molecular weight excluding hydrogens is 298 g/mol. The van der Waals surface area contributed by atoms with E-state index >= 15 is 0 Å². The van der Waals surface area contributed by atoms with Crippen LogP contribution < -0.4 is 5.56 Å². The topological polar surface area (TPSA) is 38.1 Å². The molecule has 3 heterocycles. The zero-order valence-electron chi connectivity index (χ0n) is 12.7. The molecule has 1 aromatic heterocycles. The van der Waals surface area contributed by atoms with Crippen LogP contribution in [0.4, 0.5) is 0 Å². The molecule has 2 atom stereocenters. The number of hydrogen-bond acceptors (Lipinski definition) is 3. The van der Waals surface area contributed by atoms with Gasteiger partial charge in [0.05, 0.1) is 11.0 Å². The van der Waals surface area contributed by atoms with Gasteiger partial charge in [0, 0.05) is 18.1 Å². The van der Waals surface area contributed by atoms with Crippen molar-refractivity contribution in [2.75, 3.05) is 7.05 Å². The number of nitrogens with zero attached hydrogens (tertiary/aromatic N) is 3. The average Bonchev–Trinajstić information content (AvgIpc) is 2.49. The fraction of sp³-hybridized carbons (Fsp3) is 0.529.